The zero-order chi connectivity index (χ0) is 29.4. The zero-order valence-electron chi connectivity index (χ0n) is 24.5. The first-order valence-electron chi connectivity index (χ1n) is 14.3. The van der Waals surface area contributed by atoms with E-state index in [1.165, 1.54) is 0 Å². The van der Waals surface area contributed by atoms with E-state index in [-0.39, 0.29) is 25.4 Å². The van der Waals surface area contributed by atoms with Gasteiger partial charge < -0.3 is 25.8 Å². The summed E-state index contributed by atoms with van der Waals surface area (Å²) in [5.74, 6) is -0.743. The first-order valence-corrected chi connectivity index (χ1v) is 14.3. The van der Waals surface area contributed by atoms with Crippen LogP contribution in [0, 0.1) is 0 Å². The molecular weight excluding hydrogens is 506 g/mol. The van der Waals surface area contributed by atoms with Gasteiger partial charge in [-0.2, -0.15) is 0 Å². The number of benzene rings is 2. The van der Waals surface area contributed by atoms with Crippen molar-refractivity contribution in [1.82, 2.24) is 16.0 Å². The lowest BCUT2D eigenvalue weighted by Gasteiger charge is -2.32. The summed E-state index contributed by atoms with van der Waals surface area (Å²) in [7, 11) is 0. The number of amides is 3. The molecule has 2 aromatic rings. The molecule has 0 heterocycles. The number of carbonyl (C=O) groups excluding carboxylic acids is 3. The molecule has 4 N–H and O–H groups in total. The van der Waals surface area contributed by atoms with Crippen molar-refractivity contribution in [2.45, 2.75) is 96.2 Å². The molecule has 0 saturated carbocycles. The molecule has 0 spiro atoms. The van der Waals surface area contributed by atoms with Crippen LogP contribution < -0.4 is 16.0 Å². The minimum atomic E-state index is -1.25. The number of carbonyl (C=O) groups is 3. The summed E-state index contributed by atoms with van der Waals surface area (Å²) >= 11 is 0. The van der Waals surface area contributed by atoms with Gasteiger partial charge in [0.25, 0.3) is 0 Å². The van der Waals surface area contributed by atoms with E-state index in [1.54, 1.807) is 27.7 Å². The second-order valence-electron chi connectivity index (χ2n) is 11.5. The average molecular weight is 554 g/mol. The van der Waals surface area contributed by atoms with Crippen molar-refractivity contribution in [2.75, 3.05) is 13.2 Å². The molecule has 2 aromatic carbocycles. The predicted molar refractivity (Wildman–Crippen MR) is 158 cm³/mol. The molecule has 8 heteroatoms. The van der Waals surface area contributed by atoms with Crippen LogP contribution in [0.3, 0.4) is 0 Å². The lowest BCUT2D eigenvalue weighted by molar-refractivity contribution is -0.133. The van der Waals surface area contributed by atoms with Crippen LogP contribution in [-0.2, 0) is 27.2 Å². The fourth-order valence-corrected chi connectivity index (χ4v) is 4.39. The maximum absolute atomic E-state index is 13.7. The van der Waals surface area contributed by atoms with Gasteiger partial charge in [-0.3, -0.25) is 9.59 Å². The van der Waals surface area contributed by atoms with E-state index in [0.29, 0.717) is 6.54 Å². The molecule has 2 rings (SSSR count). The topological polar surface area (TPSA) is 117 Å². The Morgan fingerprint density at radius 2 is 1.35 bits per heavy atom. The lowest BCUT2D eigenvalue weighted by Crippen LogP contribution is -2.62. The molecule has 0 aliphatic carbocycles. The highest BCUT2D eigenvalue weighted by atomic mass is 16.6. The van der Waals surface area contributed by atoms with E-state index in [9.17, 15) is 14.4 Å². The molecule has 3 amide bonds. The molecule has 40 heavy (non-hydrogen) atoms. The molecule has 0 bridgehead atoms. The van der Waals surface area contributed by atoms with Crippen LogP contribution in [0.5, 0.6) is 0 Å². The highest BCUT2D eigenvalue weighted by molar-refractivity contribution is 5.94. The lowest BCUT2D eigenvalue weighted by atomic mass is 9.90. The van der Waals surface area contributed by atoms with Gasteiger partial charge in [-0.1, -0.05) is 86.3 Å². The fourth-order valence-electron chi connectivity index (χ4n) is 4.39. The molecule has 0 radical (unpaired) electrons. The van der Waals surface area contributed by atoms with Crippen LogP contribution in [-0.4, -0.2) is 53.3 Å². The van der Waals surface area contributed by atoms with E-state index in [0.717, 1.165) is 49.7 Å². The van der Waals surface area contributed by atoms with Gasteiger partial charge in [0.05, 0.1) is 0 Å². The summed E-state index contributed by atoms with van der Waals surface area (Å²) in [6, 6.07) is 18.0. The van der Waals surface area contributed by atoms with Crippen LogP contribution >= 0.6 is 0 Å². The number of unbranched alkanes of at least 4 members (excludes halogenated alkanes) is 5. The Labute approximate surface area is 239 Å². The third kappa shape index (κ3) is 12.6. The van der Waals surface area contributed by atoms with Crippen molar-refractivity contribution in [2.24, 2.45) is 0 Å². The quantitative estimate of drug-likeness (QED) is 0.225. The Hall–Kier alpha value is -3.39. The Morgan fingerprint density at radius 3 is 1.93 bits per heavy atom. The molecular formula is C32H47N3O5. The third-order valence-electron chi connectivity index (χ3n) is 6.46. The fraction of sp³-hybridized carbons (Fsp3) is 0.531. The zero-order valence-corrected chi connectivity index (χ0v) is 24.5. The molecule has 0 aromatic heterocycles. The van der Waals surface area contributed by atoms with E-state index >= 15 is 0 Å². The largest absolute Gasteiger partial charge is 0.444 e. The van der Waals surface area contributed by atoms with E-state index in [1.807, 2.05) is 60.7 Å². The Balaban J connectivity index is 2.15. The molecule has 0 aliphatic rings. The number of aliphatic hydroxyl groups is 1. The van der Waals surface area contributed by atoms with Gasteiger partial charge in [-0.05, 0) is 51.7 Å². The number of ether oxygens (including phenoxy) is 1. The Kier molecular flexibility index (Phi) is 13.7. The van der Waals surface area contributed by atoms with Gasteiger partial charge in [-0.25, -0.2) is 4.79 Å². The predicted octanol–water partition coefficient (Wildman–Crippen LogP) is 4.69. The molecule has 220 valence electrons. The SMILES string of the molecule is CC(C)(C)OC(=O)NC(Cc1ccccc1)C(=O)NC(C)(Cc1ccccc1)C(=O)NCCCCCCCCO. The van der Waals surface area contributed by atoms with Crippen molar-refractivity contribution in [3.63, 3.8) is 0 Å². The average Bonchev–Trinajstić information content (AvgIpc) is 2.89. The standard InChI is InChI=1S/C32H47N3O5/c1-31(2,3)40-30(39)34-27(23-25-17-11-9-12-18-25)28(37)35-32(4,24-26-19-13-10-14-20-26)29(38)33-21-15-7-5-6-8-16-22-36/h9-14,17-20,27,36H,5-8,15-16,21-24H2,1-4H3,(H,33,38)(H,34,39)(H,35,37). The number of alkyl carbamates (subject to hydrolysis) is 1. The van der Waals surface area contributed by atoms with E-state index in [4.69, 9.17) is 9.84 Å². The molecule has 2 atom stereocenters. The van der Waals surface area contributed by atoms with Gasteiger partial charge in [-0.15, -0.1) is 0 Å². The number of hydrogen-bond donors (Lipinski definition) is 4. The number of hydrogen-bond acceptors (Lipinski definition) is 5. The van der Waals surface area contributed by atoms with E-state index in [2.05, 4.69) is 16.0 Å². The molecule has 2 unspecified atom stereocenters. The minimum absolute atomic E-state index is 0.223. The normalized spacial score (nSPS) is 13.5. The summed E-state index contributed by atoms with van der Waals surface area (Å²) in [4.78, 5) is 39.8. The van der Waals surface area contributed by atoms with Gasteiger partial charge in [0.1, 0.15) is 17.2 Å². The van der Waals surface area contributed by atoms with Gasteiger partial charge in [0.2, 0.25) is 11.8 Å². The summed E-state index contributed by atoms with van der Waals surface area (Å²) in [5, 5.41) is 17.6. The van der Waals surface area contributed by atoms with Crippen LogP contribution in [0.2, 0.25) is 0 Å². The second kappa shape index (κ2) is 16.7. The maximum Gasteiger partial charge on any atom is 0.408 e. The Morgan fingerprint density at radius 1 is 0.800 bits per heavy atom. The van der Waals surface area contributed by atoms with Gasteiger partial charge in [0, 0.05) is 26.0 Å². The van der Waals surface area contributed by atoms with Crippen molar-refractivity contribution in [3.8, 4) is 0 Å². The first-order chi connectivity index (χ1) is 19.0. The van der Waals surface area contributed by atoms with Crippen molar-refractivity contribution in [1.29, 1.82) is 0 Å². The first kappa shape index (κ1) is 32.8. The summed E-state index contributed by atoms with van der Waals surface area (Å²) in [6.07, 6.45) is 5.58. The molecule has 0 fully saturated rings. The minimum Gasteiger partial charge on any atom is -0.444 e. The molecule has 0 aliphatic heterocycles. The van der Waals surface area contributed by atoms with Gasteiger partial charge in [0.15, 0.2) is 0 Å². The smallest absolute Gasteiger partial charge is 0.408 e. The Bertz CT molecular complexity index is 1040. The van der Waals surface area contributed by atoms with Crippen LogP contribution in [0.25, 0.3) is 0 Å². The summed E-state index contributed by atoms with van der Waals surface area (Å²) in [6.45, 7) is 7.72. The number of aliphatic hydroxyl groups excluding tert-OH is 1. The van der Waals surface area contributed by atoms with E-state index < -0.39 is 29.2 Å². The molecule has 0 saturated heterocycles. The van der Waals surface area contributed by atoms with Gasteiger partial charge >= 0.3 is 6.09 Å². The highest BCUT2D eigenvalue weighted by Crippen LogP contribution is 2.16. The monoisotopic (exact) mass is 553 g/mol. The van der Waals surface area contributed by atoms with Crippen LogP contribution in [0.4, 0.5) is 4.79 Å². The molecule has 8 nitrogen and oxygen atoms in total. The van der Waals surface area contributed by atoms with Crippen LogP contribution in [0.15, 0.2) is 60.7 Å². The second-order valence-corrected chi connectivity index (χ2v) is 11.5. The number of nitrogens with one attached hydrogen (secondary N) is 3. The van der Waals surface area contributed by atoms with Crippen molar-refractivity contribution >= 4 is 17.9 Å². The highest BCUT2D eigenvalue weighted by Gasteiger charge is 2.37. The van der Waals surface area contributed by atoms with Crippen molar-refractivity contribution in [3.05, 3.63) is 71.8 Å². The van der Waals surface area contributed by atoms with Crippen LogP contribution in [0.1, 0.15) is 77.3 Å². The summed E-state index contributed by atoms with van der Waals surface area (Å²) < 4.78 is 5.41. The van der Waals surface area contributed by atoms with Crippen molar-refractivity contribution < 1.29 is 24.2 Å². The number of rotatable bonds is 16. The maximum atomic E-state index is 13.7. The summed E-state index contributed by atoms with van der Waals surface area (Å²) in [5.41, 5.74) is -0.196. The third-order valence-corrected chi connectivity index (χ3v) is 6.46.